The standard InChI is InChI=1S/C20H24ClFN4O2.C2H4/c1-23-16-11-17(25-8-4-3-5-9-25)26(18(16)19(27)24(2)20(23)28)12-13-10-14(22)6-7-15(13)21;1-2/h10-11H,3-9,12H2,1-2H3;1-2H2. The van der Waals surface area contributed by atoms with Crippen molar-refractivity contribution >= 4 is 28.5 Å². The van der Waals surface area contributed by atoms with Crippen LogP contribution in [0, 0.1) is 0 Å². The van der Waals surface area contributed by atoms with E-state index in [9.17, 15) is 14.0 Å². The second-order valence-electron chi connectivity index (χ2n) is 7.60. The minimum Gasteiger partial charge on any atom is -0.358 e. The summed E-state index contributed by atoms with van der Waals surface area (Å²) in [7, 11) is 3.15. The lowest BCUT2D eigenvalue weighted by atomic mass is 10.1. The van der Waals surface area contributed by atoms with Crippen molar-refractivity contribution in [1.29, 1.82) is 0 Å². The first kappa shape index (κ1) is 22.2. The highest BCUT2D eigenvalue weighted by Crippen LogP contribution is 2.32. The van der Waals surface area contributed by atoms with E-state index in [1.807, 2.05) is 10.6 Å². The Bertz CT molecular complexity index is 1130. The zero-order chi connectivity index (χ0) is 22.0. The molecule has 0 aromatic carbocycles. The number of aryl methyl sites for hydroxylation is 1. The van der Waals surface area contributed by atoms with Gasteiger partial charge in [0.05, 0.1) is 12.1 Å². The molecule has 2 aromatic rings. The summed E-state index contributed by atoms with van der Waals surface area (Å²) in [5.41, 5.74) is 1.00. The number of hydrogen-bond acceptors (Lipinski definition) is 3. The molecule has 0 bridgehead atoms. The van der Waals surface area contributed by atoms with Crippen LogP contribution < -0.4 is 16.1 Å². The molecule has 0 N–H and O–H groups in total. The molecule has 0 atom stereocenters. The summed E-state index contributed by atoms with van der Waals surface area (Å²) >= 11 is 6.38. The van der Waals surface area contributed by atoms with E-state index in [-0.39, 0.29) is 17.1 Å². The Balaban J connectivity index is 0.00000124. The second-order valence-corrected chi connectivity index (χ2v) is 8.05. The molecule has 1 aliphatic heterocycles. The molecule has 1 saturated heterocycles. The van der Waals surface area contributed by atoms with Gasteiger partial charge >= 0.3 is 5.69 Å². The van der Waals surface area contributed by atoms with Gasteiger partial charge in [-0.25, -0.2) is 9.18 Å². The largest absolute Gasteiger partial charge is 0.358 e. The number of fused-ring (bicyclic) bond motifs is 1. The summed E-state index contributed by atoms with van der Waals surface area (Å²) < 4.78 is 18.4. The fourth-order valence-corrected chi connectivity index (χ4v) is 4.36. The van der Waals surface area contributed by atoms with Crippen LogP contribution in [0.2, 0.25) is 0 Å². The number of aromatic nitrogens is 3. The minimum atomic E-state index is -0.360. The van der Waals surface area contributed by atoms with Gasteiger partial charge in [-0.05, 0) is 37.3 Å². The molecule has 1 aliphatic carbocycles. The first-order valence-electron chi connectivity index (χ1n) is 10.2. The second kappa shape index (κ2) is 9.08. The van der Waals surface area contributed by atoms with Crippen molar-refractivity contribution in [3.8, 4) is 0 Å². The van der Waals surface area contributed by atoms with Crippen LogP contribution in [-0.4, -0.2) is 26.8 Å². The molecule has 2 aromatic heterocycles. The molecule has 0 radical (unpaired) electrons. The van der Waals surface area contributed by atoms with Crippen molar-refractivity contribution in [2.24, 2.45) is 14.1 Å². The maximum Gasteiger partial charge on any atom is 0.331 e. The molecule has 4 rings (SSSR count). The predicted octanol–water partition coefficient (Wildman–Crippen LogP) is 3.97. The van der Waals surface area contributed by atoms with Gasteiger partial charge in [0, 0.05) is 44.7 Å². The Morgan fingerprint density at radius 3 is 2.40 bits per heavy atom. The summed E-state index contributed by atoms with van der Waals surface area (Å²) in [5, 5.41) is 0.620. The van der Waals surface area contributed by atoms with Gasteiger partial charge in [-0.2, -0.15) is 0 Å². The van der Waals surface area contributed by atoms with Crippen LogP contribution in [-0.2, 0) is 20.6 Å². The van der Waals surface area contributed by atoms with Crippen LogP contribution in [0.15, 0.2) is 51.3 Å². The maximum atomic E-state index is 13.9. The predicted molar refractivity (Wildman–Crippen MR) is 121 cm³/mol. The molecule has 0 amide bonds. The van der Waals surface area contributed by atoms with Crippen LogP contribution in [0.3, 0.4) is 0 Å². The van der Waals surface area contributed by atoms with Crippen molar-refractivity contribution in [3.63, 3.8) is 0 Å². The highest BCUT2D eigenvalue weighted by molar-refractivity contribution is 6.30. The summed E-state index contributed by atoms with van der Waals surface area (Å²) in [6, 6.07) is 1.90. The summed E-state index contributed by atoms with van der Waals surface area (Å²) in [6.45, 7) is 8.08. The lowest BCUT2D eigenvalue weighted by Crippen LogP contribution is -2.37. The molecule has 1 fully saturated rings. The minimum absolute atomic E-state index is 0.198. The number of halogens is 2. The average molecular weight is 435 g/mol. The topological polar surface area (TPSA) is 52.2 Å². The third-order valence-corrected chi connectivity index (χ3v) is 6.20. The lowest BCUT2D eigenvalue weighted by molar-refractivity contribution is 0.562. The Morgan fingerprint density at radius 2 is 1.73 bits per heavy atom. The Kier molecular flexibility index (Phi) is 6.71. The summed E-state index contributed by atoms with van der Waals surface area (Å²) in [4.78, 5) is 27.6. The number of rotatable bonds is 3. The van der Waals surface area contributed by atoms with E-state index in [4.69, 9.17) is 11.6 Å². The Hall–Kier alpha value is -2.54. The first-order chi connectivity index (χ1) is 14.4. The van der Waals surface area contributed by atoms with Gasteiger partial charge in [-0.15, -0.1) is 13.2 Å². The molecule has 162 valence electrons. The number of hydrogen-bond donors (Lipinski definition) is 0. The van der Waals surface area contributed by atoms with Gasteiger partial charge < -0.3 is 9.47 Å². The fourth-order valence-electron chi connectivity index (χ4n) is 4.15. The molecule has 8 heteroatoms. The quantitative estimate of drug-likeness (QED) is 0.687. The van der Waals surface area contributed by atoms with E-state index in [2.05, 4.69) is 18.1 Å². The van der Waals surface area contributed by atoms with Gasteiger partial charge in [0.1, 0.15) is 17.2 Å². The number of piperidine rings is 1. The summed E-state index contributed by atoms with van der Waals surface area (Å²) in [6.07, 6.45) is 5.59. The van der Waals surface area contributed by atoms with Crippen LogP contribution in [0.4, 0.5) is 10.2 Å². The van der Waals surface area contributed by atoms with Gasteiger partial charge in [-0.3, -0.25) is 13.9 Å². The zero-order valence-corrected chi connectivity index (χ0v) is 18.3. The molecule has 0 unspecified atom stereocenters. The van der Waals surface area contributed by atoms with Crippen molar-refractivity contribution < 1.29 is 4.39 Å². The highest BCUT2D eigenvalue weighted by atomic mass is 35.5. The molecule has 3 heterocycles. The van der Waals surface area contributed by atoms with Crippen molar-refractivity contribution in [2.45, 2.75) is 38.6 Å². The van der Waals surface area contributed by atoms with E-state index in [0.29, 0.717) is 41.0 Å². The van der Waals surface area contributed by atoms with Gasteiger partial charge in [0.25, 0.3) is 5.56 Å². The molecule has 0 spiro atoms. The van der Waals surface area contributed by atoms with Crippen LogP contribution in [0.1, 0.15) is 32.1 Å². The summed E-state index contributed by atoms with van der Waals surface area (Å²) in [5.74, 6) is 0.681. The zero-order valence-electron chi connectivity index (χ0n) is 17.6. The Labute approximate surface area is 180 Å². The van der Waals surface area contributed by atoms with E-state index in [1.165, 1.54) is 24.1 Å². The van der Waals surface area contributed by atoms with E-state index in [0.717, 1.165) is 36.3 Å². The third kappa shape index (κ3) is 3.90. The van der Waals surface area contributed by atoms with E-state index >= 15 is 0 Å². The SMILES string of the molecule is C=C.Cn1c(=O)c2c(cc(N3CCCCC3)n2CC2=C(Cl)CCC(F)=C2)n(C)c1=O. The highest BCUT2D eigenvalue weighted by Gasteiger charge is 2.23. The van der Waals surface area contributed by atoms with Crippen molar-refractivity contribution in [2.75, 3.05) is 18.0 Å². The number of nitrogens with zero attached hydrogens (tertiary/aromatic N) is 4. The molecular weight excluding hydrogens is 407 g/mol. The van der Waals surface area contributed by atoms with Crippen LogP contribution in [0.25, 0.3) is 11.0 Å². The van der Waals surface area contributed by atoms with Gasteiger partial charge in [0.15, 0.2) is 0 Å². The average Bonchev–Trinajstić information content (AvgIpc) is 3.14. The van der Waals surface area contributed by atoms with Crippen LogP contribution in [0.5, 0.6) is 0 Å². The number of anilines is 1. The molecule has 30 heavy (non-hydrogen) atoms. The van der Waals surface area contributed by atoms with Gasteiger partial charge in [0.2, 0.25) is 0 Å². The van der Waals surface area contributed by atoms with E-state index in [1.54, 1.807) is 7.05 Å². The lowest BCUT2D eigenvalue weighted by Gasteiger charge is -2.30. The molecular formula is C22H28ClFN4O2. The van der Waals surface area contributed by atoms with Gasteiger partial charge in [-0.1, -0.05) is 11.6 Å². The normalized spacial score (nSPS) is 17.1. The molecule has 2 aliphatic rings. The first-order valence-corrected chi connectivity index (χ1v) is 10.5. The maximum absolute atomic E-state index is 13.9. The Morgan fingerprint density at radius 1 is 1.07 bits per heavy atom. The molecule has 0 saturated carbocycles. The van der Waals surface area contributed by atoms with Crippen molar-refractivity contribution in [1.82, 2.24) is 13.7 Å². The van der Waals surface area contributed by atoms with Crippen molar-refractivity contribution in [3.05, 3.63) is 62.6 Å². The van der Waals surface area contributed by atoms with E-state index < -0.39 is 0 Å². The smallest absolute Gasteiger partial charge is 0.331 e. The van der Waals surface area contributed by atoms with Crippen LogP contribution >= 0.6 is 11.6 Å². The number of allylic oxidation sites excluding steroid dienone is 4. The third-order valence-electron chi connectivity index (χ3n) is 5.77. The fraction of sp³-hybridized carbons (Fsp3) is 0.455. The monoisotopic (exact) mass is 434 g/mol. The molecule has 6 nitrogen and oxygen atoms in total.